The summed E-state index contributed by atoms with van der Waals surface area (Å²) in [7, 11) is -2.42. The van der Waals surface area contributed by atoms with Crippen LogP contribution in [0.2, 0.25) is 0 Å². The highest BCUT2D eigenvalue weighted by Gasteiger charge is 2.39. The third kappa shape index (κ3) is 2.41. The summed E-state index contributed by atoms with van der Waals surface area (Å²) in [4.78, 5) is 11.6. The molecule has 8 heteroatoms. The molecule has 18 heavy (non-hydrogen) atoms. The highest BCUT2D eigenvalue weighted by atomic mass is 32.2. The summed E-state index contributed by atoms with van der Waals surface area (Å²) in [5.74, 6) is -0.602. The molecule has 1 fully saturated rings. The molecule has 0 amide bonds. The zero-order valence-corrected chi connectivity index (χ0v) is 11.4. The molecule has 0 spiro atoms. The van der Waals surface area contributed by atoms with Gasteiger partial charge in [0.15, 0.2) is 0 Å². The highest BCUT2D eigenvalue weighted by molar-refractivity contribution is 7.91. The molecule has 1 aliphatic heterocycles. The third-order valence-electron chi connectivity index (χ3n) is 2.61. The summed E-state index contributed by atoms with van der Waals surface area (Å²) in [6, 6.07) is 2.27. The molecule has 6 nitrogen and oxygen atoms in total. The van der Waals surface area contributed by atoms with E-state index in [1.807, 2.05) is 0 Å². The van der Waals surface area contributed by atoms with Crippen molar-refractivity contribution in [3.8, 4) is 0 Å². The molecule has 0 bridgehead atoms. The first-order chi connectivity index (χ1) is 8.57. The molecule has 0 radical (unpaired) electrons. The van der Waals surface area contributed by atoms with Crippen LogP contribution in [0.4, 0.5) is 0 Å². The summed E-state index contributed by atoms with van der Waals surface area (Å²) < 4.78 is 35.8. The molecule has 1 aromatic rings. The van der Waals surface area contributed by atoms with Gasteiger partial charge in [0.2, 0.25) is 0 Å². The molecule has 0 aromatic carbocycles. The van der Waals surface area contributed by atoms with Crippen LogP contribution in [0, 0.1) is 0 Å². The minimum absolute atomic E-state index is 0.0251. The molecule has 2 rings (SSSR count). The van der Waals surface area contributed by atoms with Crippen LogP contribution in [0.5, 0.6) is 0 Å². The Balaban J connectivity index is 2.32. The minimum atomic E-state index is -3.65. The molecule has 1 atom stereocenters. The molecule has 1 unspecified atom stereocenters. The van der Waals surface area contributed by atoms with Gasteiger partial charge in [-0.05, 0) is 11.4 Å². The fourth-order valence-corrected chi connectivity index (χ4v) is 4.39. The van der Waals surface area contributed by atoms with E-state index >= 15 is 0 Å². The molecule has 1 aromatic heterocycles. The number of hydrogen-bond acceptors (Lipinski definition) is 6. The van der Waals surface area contributed by atoms with Gasteiger partial charge in [-0.3, -0.25) is 4.79 Å². The molecule has 0 saturated carbocycles. The minimum Gasteiger partial charge on any atom is -0.468 e. The third-order valence-corrected chi connectivity index (χ3v) is 5.89. The first kappa shape index (κ1) is 13.5. The van der Waals surface area contributed by atoms with Crippen LogP contribution in [-0.2, 0) is 24.3 Å². The van der Waals surface area contributed by atoms with Crippen LogP contribution in [0.25, 0.3) is 0 Å². The van der Waals surface area contributed by atoms with Crippen LogP contribution in [0.1, 0.15) is 0 Å². The second-order valence-electron chi connectivity index (χ2n) is 3.66. The maximum atomic E-state index is 12.4. The molecule has 1 aliphatic rings. The predicted octanol–water partition coefficient (Wildman–Crippen LogP) is 0.311. The van der Waals surface area contributed by atoms with E-state index in [4.69, 9.17) is 4.74 Å². The Hall–Kier alpha value is -0.960. The fourth-order valence-electron chi connectivity index (χ4n) is 1.72. The fraction of sp³-hybridized carbons (Fsp3) is 0.500. The topological polar surface area (TPSA) is 72.9 Å². The predicted molar refractivity (Wildman–Crippen MR) is 64.8 cm³/mol. The zero-order valence-electron chi connectivity index (χ0n) is 9.74. The summed E-state index contributed by atoms with van der Waals surface area (Å²) in [5, 5.41) is 1.68. The summed E-state index contributed by atoms with van der Waals surface area (Å²) in [6.07, 6.45) is 0. The van der Waals surface area contributed by atoms with Gasteiger partial charge in [-0.1, -0.05) is 6.07 Å². The maximum absolute atomic E-state index is 12.4. The maximum Gasteiger partial charge on any atom is 0.326 e. The number of hydrogen-bond donors (Lipinski definition) is 0. The monoisotopic (exact) mass is 291 g/mol. The van der Waals surface area contributed by atoms with Crippen LogP contribution in [0.3, 0.4) is 0 Å². The van der Waals surface area contributed by atoms with Crippen LogP contribution < -0.4 is 0 Å². The van der Waals surface area contributed by atoms with Crippen molar-refractivity contribution in [3.63, 3.8) is 0 Å². The number of carbonyl (C=O) groups is 1. The highest BCUT2D eigenvalue weighted by Crippen LogP contribution is 2.24. The number of nitrogens with zero attached hydrogens (tertiary/aromatic N) is 1. The van der Waals surface area contributed by atoms with E-state index in [0.717, 1.165) is 15.6 Å². The summed E-state index contributed by atoms with van der Waals surface area (Å²) >= 11 is 1.12. The smallest absolute Gasteiger partial charge is 0.326 e. The number of rotatable bonds is 3. The molecular weight excluding hydrogens is 278 g/mol. The molecule has 2 heterocycles. The van der Waals surface area contributed by atoms with Crippen molar-refractivity contribution in [3.05, 3.63) is 17.5 Å². The largest absolute Gasteiger partial charge is 0.468 e. The van der Waals surface area contributed by atoms with Crippen LogP contribution in [0.15, 0.2) is 21.7 Å². The van der Waals surface area contributed by atoms with Crippen LogP contribution >= 0.6 is 11.3 Å². The first-order valence-electron chi connectivity index (χ1n) is 5.28. The van der Waals surface area contributed by atoms with Crippen molar-refractivity contribution < 1.29 is 22.7 Å². The van der Waals surface area contributed by atoms with E-state index in [-0.39, 0.29) is 24.0 Å². The van der Waals surface area contributed by atoms with E-state index < -0.39 is 22.0 Å². The van der Waals surface area contributed by atoms with E-state index in [9.17, 15) is 13.2 Å². The molecular formula is C10H13NO5S2. The van der Waals surface area contributed by atoms with Crippen molar-refractivity contribution in [2.75, 3.05) is 26.9 Å². The lowest BCUT2D eigenvalue weighted by molar-refractivity contribution is -0.149. The summed E-state index contributed by atoms with van der Waals surface area (Å²) in [6.45, 7) is 0.454. The van der Waals surface area contributed by atoms with E-state index in [0.29, 0.717) is 0 Å². The second-order valence-corrected chi connectivity index (χ2v) is 6.73. The van der Waals surface area contributed by atoms with Gasteiger partial charge in [0, 0.05) is 6.54 Å². The van der Waals surface area contributed by atoms with Gasteiger partial charge in [0.1, 0.15) is 10.3 Å². The number of morpholine rings is 1. The van der Waals surface area contributed by atoms with Gasteiger partial charge in [-0.15, -0.1) is 11.3 Å². The average molecular weight is 291 g/mol. The lowest BCUT2D eigenvalue weighted by atomic mass is 10.3. The Morgan fingerprint density at radius 2 is 2.39 bits per heavy atom. The Morgan fingerprint density at radius 1 is 1.61 bits per heavy atom. The van der Waals surface area contributed by atoms with Crippen molar-refractivity contribution in [2.24, 2.45) is 0 Å². The Labute approximate surface area is 109 Å². The number of sulfonamides is 1. The number of esters is 1. The Morgan fingerprint density at radius 3 is 3.00 bits per heavy atom. The molecule has 1 saturated heterocycles. The van der Waals surface area contributed by atoms with Crippen molar-refractivity contribution in [1.29, 1.82) is 0 Å². The van der Waals surface area contributed by atoms with Gasteiger partial charge in [0.25, 0.3) is 10.0 Å². The van der Waals surface area contributed by atoms with Crippen molar-refractivity contribution >= 4 is 27.3 Å². The van der Waals surface area contributed by atoms with E-state index in [1.165, 1.54) is 13.2 Å². The second kappa shape index (κ2) is 5.35. The molecule has 0 N–H and O–H groups in total. The van der Waals surface area contributed by atoms with Gasteiger partial charge in [-0.2, -0.15) is 4.31 Å². The lowest BCUT2D eigenvalue weighted by Crippen LogP contribution is -2.52. The quantitative estimate of drug-likeness (QED) is 0.749. The van der Waals surface area contributed by atoms with E-state index in [1.54, 1.807) is 11.4 Å². The first-order valence-corrected chi connectivity index (χ1v) is 7.60. The van der Waals surface area contributed by atoms with Gasteiger partial charge in [0.05, 0.1) is 20.3 Å². The Bertz CT molecular complexity index is 510. The number of carbonyl (C=O) groups excluding carboxylic acids is 1. The number of methoxy groups -OCH3 is 1. The molecule has 100 valence electrons. The SMILES string of the molecule is COC(=O)C1COCCN1S(=O)(=O)c1cccs1. The standard InChI is InChI=1S/C10H13NO5S2/c1-15-10(12)8-7-16-5-4-11(8)18(13,14)9-3-2-6-17-9/h2-3,6,8H,4-5,7H2,1H3. The zero-order chi connectivity index (χ0) is 13.2. The van der Waals surface area contributed by atoms with Crippen molar-refractivity contribution in [1.82, 2.24) is 4.31 Å². The van der Waals surface area contributed by atoms with Gasteiger partial charge < -0.3 is 9.47 Å². The van der Waals surface area contributed by atoms with Gasteiger partial charge in [-0.25, -0.2) is 8.42 Å². The van der Waals surface area contributed by atoms with Crippen molar-refractivity contribution in [2.45, 2.75) is 10.3 Å². The lowest BCUT2D eigenvalue weighted by Gasteiger charge is -2.32. The summed E-state index contributed by atoms with van der Waals surface area (Å²) in [5.41, 5.74) is 0. The van der Waals surface area contributed by atoms with Gasteiger partial charge >= 0.3 is 5.97 Å². The molecule has 0 aliphatic carbocycles. The normalized spacial score (nSPS) is 21.7. The number of thiophene rings is 1. The number of ether oxygens (including phenoxy) is 2. The van der Waals surface area contributed by atoms with E-state index in [2.05, 4.69) is 4.74 Å². The average Bonchev–Trinajstić information content (AvgIpc) is 2.92. The Kier molecular flexibility index (Phi) is 4.00. The van der Waals surface area contributed by atoms with Crippen LogP contribution in [-0.4, -0.2) is 51.6 Å².